The molecule has 1 heterocycles. The first-order valence-electron chi connectivity index (χ1n) is 4.50. The van der Waals surface area contributed by atoms with E-state index in [-0.39, 0.29) is 0 Å². The van der Waals surface area contributed by atoms with Crippen molar-refractivity contribution < 1.29 is 0 Å². The summed E-state index contributed by atoms with van der Waals surface area (Å²) < 4.78 is 0. The van der Waals surface area contributed by atoms with Crippen LogP contribution in [0.3, 0.4) is 0 Å². The van der Waals surface area contributed by atoms with Gasteiger partial charge in [0.25, 0.3) is 0 Å². The van der Waals surface area contributed by atoms with Gasteiger partial charge in [-0.15, -0.1) is 0 Å². The summed E-state index contributed by atoms with van der Waals surface area (Å²) in [7, 11) is 0. The van der Waals surface area contributed by atoms with Gasteiger partial charge < -0.3 is 5.32 Å². The van der Waals surface area contributed by atoms with Crippen LogP contribution in [-0.2, 0) is 0 Å². The van der Waals surface area contributed by atoms with E-state index in [0.29, 0.717) is 11.3 Å². The standard InChI is InChI=1S/C10H19N/c1-8(2)10(4)6-5-7-11-9(10)3/h8,11H,3,5-7H2,1-2,4H3/t10-/m0/s1. The molecule has 1 N–H and O–H groups in total. The molecule has 1 rings (SSSR count). The van der Waals surface area contributed by atoms with Gasteiger partial charge in [0, 0.05) is 17.7 Å². The van der Waals surface area contributed by atoms with Gasteiger partial charge in [0.15, 0.2) is 0 Å². The molecule has 1 aliphatic rings. The molecule has 0 radical (unpaired) electrons. The second-order valence-corrected chi connectivity index (χ2v) is 4.08. The number of hydrogen-bond acceptors (Lipinski definition) is 1. The predicted molar refractivity (Wildman–Crippen MR) is 49.3 cm³/mol. The third-order valence-electron chi connectivity index (χ3n) is 3.17. The zero-order valence-electron chi connectivity index (χ0n) is 7.91. The lowest BCUT2D eigenvalue weighted by atomic mass is 9.71. The van der Waals surface area contributed by atoms with Crippen LogP contribution in [0.25, 0.3) is 0 Å². The fourth-order valence-electron chi connectivity index (χ4n) is 1.68. The summed E-state index contributed by atoms with van der Waals surface area (Å²) in [6, 6.07) is 0. The molecule has 0 aromatic rings. The van der Waals surface area contributed by atoms with Gasteiger partial charge in [0.2, 0.25) is 0 Å². The van der Waals surface area contributed by atoms with Gasteiger partial charge in [-0.05, 0) is 18.8 Å². The third-order valence-corrected chi connectivity index (χ3v) is 3.17. The Hall–Kier alpha value is -0.460. The first-order valence-corrected chi connectivity index (χ1v) is 4.50. The van der Waals surface area contributed by atoms with E-state index in [1.807, 2.05) is 0 Å². The van der Waals surface area contributed by atoms with Crippen LogP contribution in [0.2, 0.25) is 0 Å². The van der Waals surface area contributed by atoms with E-state index < -0.39 is 0 Å². The van der Waals surface area contributed by atoms with Gasteiger partial charge in [-0.3, -0.25) is 0 Å². The van der Waals surface area contributed by atoms with Crippen LogP contribution in [-0.4, -0.2) is 6.54 Å². The van der Waals surface area contributed by atoms with Crippen molar-refractivity contribution in [1.82, 2.24) is 5.32 Å². The van der Waals surface area contributed by atoms with Crippen LogP contribution in [0.15, 0.2) is 12.3 Å². The summed E-state index contributed by atoms with van der Waals surface area (Å²) in [5.74, 6) is 0.697. The SMILES string of the molecule is C=C1NCCC[C@@]1(C)C(C)C. The molecule has 64 valence electrons. The maximum atomic E-state index is 4.08. The molecule has 1 nitrogen and oxygen atoms in total. The first-order chi connectivity index (χ1) is 5.07. The Kier molecular flexibility index (Phi) is 2.26. The summed E-state index contributed by atoms with van der Waals surface area (Å²) >= 11 is 0. The molecule has 1 fully saturated rings. The molecule has 0 unspecified atom stereocenters. The van der Waals surface area contributed by atoms with Crippen molar-refractivity contribution in [2.24, 2.45) is 11.3 Å². The van der Waals surface area contributed by atoms with Crippen LogP contribution < -0.4 is 5.32 Å². The van der Waals surface area contributed by atoms with E-state index in [1.54, 1.807) is 0 Å². The van der Waals surface area contributed by atoms with Crippen LogP contribution in [0.4, 0.5) is 0 Å². The Labute approximate surface area is 69.9 Å². The van der Waals surface area contributed by atoms with Crippen LogP contribution in [0, 0.1) is 11.3 Å². The Morgan fingerprint density at radius 2 is 2.18 bits per heavy atom. The summed E-state index contributed by atoms with van der Waals surface area (Å²) in [5.41, 5.74) is 1.57. The summed E-state index contributed by atoms with van der Waals surface area (Å²) in [5, 5.41) is 3.36. The zero-order chi connectivity index (χ0) is 8.48. The van der Waals surface area contributed by atoms with Crippen molar-refractivity contribution in [2.45, 2.75) is 33.6 Å². The minimum atomic E-state index is 0.332. The molecule has 0 saturated carbocycles. The van der Waals surface area contributed by atoms with Gasteiger partial charge in [-0.25, -0.2) is 0 Å². The van der Waals surface area contributed by atoms with Crippen LogP contribution in [0.5, 0.6) is 0 Å². The molecule has 11 heavy (non-hydrogen) atoms. The number of allylic oxidation sites excluding steroid dienone is 1. The van der Waals surface area contributed by atoms with E-state index >= 15 is 0 Å². The molecule has 1 heteroatoms. The second kappa shape index (κ2) is 2.88. The normalized spacial score (nSPS) is 32.2. The minimum absolute atomic E-state index is 0.332. The average molecular weight is 153 g/mol. The highest BCUT2D eigenvalue weighted by Gasteiger charge is 2.33. The molecule has 0 spiro atoms. The molecule has 0 amide bonds. The molecule has 0 bridgehead atoms. The molecule has 0 aliphatic carbocycles. The maximum Gasteiger partial charge on any atom is 0.0144 e. The van der Waals surface area contributed by atoms with E-state index in [9.17, 15) is 0 Å². The first kappa shape index (κ1) is 8.63. The monoisotopic (exact) mass is 153 g/mol. The predicted octanol–water partition coefficient (Wildman–Crippen LogP) is 2.55. The molecule has 1 aliphatic heterocycles. The van der Waals surface area contributed by atoms with Crippen LogP contribution in [0.1, 0.15) is 33.6 Å². The van der Waals surface area contributed by atoms with E-state index in [2.05, 4.69) is 32.7 Å². The number of piperidine rings is 1. The van der Waals surface area contributed by atoms with Crippen molar-refractivity contribution in [3.8, 4) is 0 Å². The van der Waals surface area contributed by atoms with E-state index in [0.717, 1.165) is 6.54 Å². The Morgan fingerprint density at radius 1 is 1.55 bits per heavy atom. The minimum Gasteiger partial charge on any atom is -0.388 e. The van der Waals surface area contributed by atoms with E-state index in [4.69, 9.17) is 0 Å². The number of hydrogen-bond donors (Lipinski definition) is 1. The third kappa shape index (κ3) is 1.42. The highest BCUT2D eigenvalue weighted by atomic mass is 14.9. The Balaban J connectivity index is 2.73. The van der Waals surface area contributed by atoms with Gasteiger partial charge >= 0.3 is 0 Å². The Morgan fingerprint density at radius 3 is 2.55 bits per heavy atom. The molecule has 1 atom stereocenters. The van der Waals surface area contributed by atoms with Crippen LogP contribution >= 0.6 is 0 Å². The number of nitrogens with one attached hydrogen (secondary N) is 1. The summed E-state index contributed by atoms with van der Waals surface area (Å²) in [6.07, 6.45) is 2.57. The summed E-state index contributed by atoms with van der Waals surface area (Å²) in [6.45, 7) is 12.1. The molecular formula is C10H19N. The highest BCUT2D eigenvalue weighted by molar-refractivity contribution is 5.10. The van der Waals surface area contributed by atoms with Gasteiger partial charge in [0.1, 0.15) is 0 Å². The van der Waals surface area contributed by atoms with Crippen molar-refractivity contribution in [2.75, 3.05) is 6.54 Å². The molecular weight excluding hydrogens is 134 g/mol. The Bertz CT molecular complexity index is 160. The van der Waals surface area contributed by atoms with Crippen molar-refractivity contribution in [1.29, 1.82) is 0 Å². The quantitative estimate of drug-likeness (QED) is 0.610. The maximum absolute atomic E-state index is 4.08. The van der Waals surface area contributed by atoms with Crippen molar-refractivity contribution >= 4 is 0 Å². The van der Waals surface area contributed by atoms with Gasteiger partial charge in [-0.1, -0.05) is 27.4 Å². The zero-order valence-corrected chi connectivity index (χ0v) is 7.91. The fraction of sp³-hybridized carbons (Fsp3) is 0.800. The molecule has 1 saturated heterocycles. The van der Waals surface area contributed by atoms with Gasteiger partial charge in [0.05, 0.1) is 0 Å². The number of rotatable bonds is 1. The fourth-order valence-corrected chi connectivity index (χ4v) is 1.68. The highest BCUT2D eigenvalue weighted by Crippen LogP contribution is 2.39. The molecule has 0 aromatic carbocycles. The lowest BCUT2D eigenvalue weighted by Gasteiger charge is -2.40. The lowest BCUT2D eigenvalue weighted by molar-refractivity contribution is 0.211. The molecule has 0 aromatic heterocycles. The topological polar surface area (TPSA) is 12.0 Å². The largest absolute Gasteiger partial charge is 0.388 e. The second-order valence-electron chi connectivity index (χ2n) is 4.08. The van der Waals surface area contributed by atoms with E-state index in [1.165, 1.54) is 18.5 Å². The summed E-state index contributed by atoms with van der Waals surface area (Å²) in [4.78, 5) is 0. The van der Waals surface area contributed by atoms with Crippen molar-refractivity contribution in [3.05, 3.63) is 12.3 Å². The van der Waals surface area contributed by atoms with Crippen molar-refractivity contribution in [3.63, 3.8) is 0 Å². The van der Waals surface area contributed by atoms with Gasteiger partial charge in [-0.2, -0.15) is 0 Å². The smallest absolute Gasteiger partial charge is 0.0144 e. The lowest BCUT2D eigenvalue weighted by Crippen LogP contribution is -2.38. The average Bonchev–Trinajstić information content (AvgIpc) is 1.95.